The van der Waals surface area contributed by atoms with Gasteiger partial charge in [-0.1, -0.05) is 52.4 Å². The molecule has 1 aliphatic heterocycles. The molecule has 10 nitrogen and oxygen atoms in total. The molecule has 4 aromatic rings. The molecule has 0 spiro atoms. The zero-order chi connectivity index (χ0) is 30.0. The summed E-state index contributed by atoms with van der Waals surface area (Å²) in [7, 11) is 4.37. The molecular formula is C28H22Cl2N4O6S2. The Hall–Kier alpha value is -3.84. The zero-order valence-corrected chi connectivity index (χ0v) is 25.5. The number of halogens is 2. The lowest BCUT2D eigenvalue weighted by Crippen LogP contribution is -2.29. The number of hydrogen-bond acceptors (Lipinski definition) is 11. The highest BCUT2D eigenvalue weighted by atomic mass is 35.5. The molecule has 1 fully saturated rings. The number of pyridine rings is 1. The number of aliphatic hydroxyl groups excluding tert-OH is 1. The van der Waals surface area contributed by atoms with Gasteiger partial charge in [0, 0.05) is 33.8 Å². The predicted octanol–water partition coefficient (Wildman–Crippen LogP) is 6.18. The molecule has 5 rings (SSSR count). The normalized spacial score (nSPS) is 16.1. The topological polar surface area (TPSA) is 124 Å². The van der Waals surface area contributed by atoms with Gasteiger partial charge >= 0.3 is 5.91 Å². The lowest BCUT2D eigenvalue weighted by molar-refractivity contribution is -0.132. The number of aromatic nitrogens is 3. The van der Waals surface area contributed by atoms with Crippen LogP contribution in [0, 0.1) is 0 Å². The molecule has 1 N–H and O–H groups in total. The molecule has 0 bridgehead atoms. The third-order valence-corrected chi connectivity index (χ3v) is 9.06. The Morgan fingerprint density at radius 1 is 1.00 bits per heavy atom. The lowest BCUT2D eigenvalue weighted by Gasteiger charge is -2.24. The molecule has 2 aromatic heterocycles. The van der Waals surface area contributed by atoms with Gasteiger partial charge in [0.15, 0.2) is 15.8 Å². The van der Waals surface area contributed by atoms with E-state index in [1.165, 1.54) is 62.5 Å². The van der Waals surface area contributed by atoms with E-state index in [-0.39, 0.29) is 16.5 Å². The fourth-order valence-electron chi connectivity index (χ4n) is 4.41. The molecule has 42 heavy (non-hydrogen) atoms. The monoisotopic (exact) mass is 644 g/mol. The van der Waals surface area contributed by atoms with Crippen LogP contribution in [0.4, 0.5) is 5.13 Å². The standard InChI is InChI=1S/C28H22Cl2N4O6S2/c1-38-19-10-16(11-20(39-2)25(19)40-3)22-21(23(35)14-6-8-31-9-7-14)24(36)26(37)34(22)27-32-33-28(42-27)41-13-15-4-5-17(29)12-18(15)30/h4-12,22,35H,13H2,1-3H3. The van der Waals surface area contributed by atoms with Gasteiger partial charge in [0.25, 0.3) is 5.78 Å². The maximum absolute atomic E-state index is 13.6. The van der Waals surface area contributed by atoms with Crippen LogP contribution in [0.3, 0.4) is 0 Å². The number of ether oxygens (including phenoxy) is 3. The van der Waals surface area contributed by atoms with Crippen molar-refractivity contribution in [1.29, 1.82) is 0 Å². The molecule has 1 atom stereocenters. The molecule has 0 aliphatic carbocycles. The molecule has 1 unspecified atom stereocenters. The number of thioether (sulfide) groups is 1. The van der Waals surface area contributed by atoms with Gasteiger partial charge in [0.2, 0.25) is 10.9 Å². The van der Waals surface area contributed by atoms with Crippen molar-refractivity contribution in [2.24, 2.45) is 0 Å². The number of hydrogen-bond donors (Lipinski definition) is 1. The minimum Gasteiger partial charge on any atom is -0.507 e. The van der Waals surface area contributed by atoms with Crippen molar-refractivity contribution in [3.63, 3.8) is 0 Å². The number of benzene rings is 2. The second-order valence-corrected chi connectivity index (χ2v) is 11.8. The summed E-state index contributed by atoms with van der Waals surface area (Å²) >= 11 is 14.8. The van der Waals surface area contributed by atoms with E-state index < -0.39 is 17.7 Å². The first kappa shape index (κ1) is 29.6. The van der Waals surface area contributed by atoms with Crippen LogP contribution in [-0.2, 0) is 15.3 Å². The first-order chi connectivity index (χ1) is 20.3. The Bertz CT molecular complexity index is 1670. The third kappa shape index (κ3) is 5.62. The average molecular weight is 646 g/mol. The highest BCUT2D eigenvalue weighted by Gasteiger charge is 2.49. The number of aliphatic hydroxyl groups is 1. The van der Waals surface area contributed by atoms with Crippen LogP contribution >= 0.6 is 46.3 Å². The van der Waals surface area contributed by atoms with E-state index >= 15 is 0 Å². The number of nitrogens with zero attached hydrogens (tertiary/aromatic N) is 4. The number of carbonyl (C=O) groups excluding carboxylic acids is 2. The van der Waals surface area contributed by atoms with Crippen molar-refractivity contribution in [1.82, 2.24) is 15.2 Å². The summed E-state index contributed by atoms with van der Waals surface area (Å²) in [5.74, 6) is -0.733. The van der Waals surface area contributed by atoms with Gasteiger partial charge in [-0.15, -0.1) is 10.2 Å². The lowest BCUT2D eigenvalue weighted by atomic mass is 9.95. The molecule has 2 aromatic carbocycles. The average Bonchev–Trinajstić information content (AvgIpc) is 3.57. The van der Waals surface area contributed by atoms with Crippen LogP contribution in [0.5, 0.6) is 17.2 Å². The van der Waals surface area contributed by atoms with Gasteiger partial charge in [-0.25, -0.2) is 0 Å². The summed E-state index contributed by atoms with van der Waals surface area (Å²) in [6, 6.07) is 10.4. The Kier molecular flexibility index (Phi) is 8.88. The van der Waals surface area contributed by atoms with E-state index in [1.54, 1.807) is 24.3 Å². The Morgan fingerprint density at radius 2 is 1.69 bits per heavy atom. The summed E-state index contributed by atoms with van der Waals surface area (Å²) in [6.07, 6.45) is 2.95. The Morgan fingerprint density at radius 3 is 2.31 bits per heavy atom. The maximum atomic E-state index is 13.6. The summed E-state index contributed by atoms with van der Waals surface area (Å²) < 4.78 is 17.0. The van der Waals surface area contributed by atoms with Crippen LogP contribution < -0.4 is 19.1 Å². The van der Waals surface area contributed by atoms with E-state index in [1.807, 2.05) is 6.07 Å². The Balaban J connectivity index is 1.60. The van der Waals surface area contributed by atoms with Gasteiger partial charge in [-0.05, 0) is 47.5 Å². The third-order valence-electron chi connectivity index (χ3n) is 6.37. The SMILES string of the molecule is COc1cc(C2C(=C(O)c3ccncc3)C(=O)C(=O)N2c2nnc(SCc3ccc(Cl)cc3Cl)s2)cc(OC)c1OC. The highest BCUT2D eigenvalue weighted by Crippen LogP contribution is 2.48. The molecule has 0 saturated carbocycles. The van der Waals surface area contributed by atoms with E-state index in [4.69, 9.17) is 37.4 Å². The van der Waals surface area contributed by atoms with Crippen LogP contribution in [-0.4, -0.2) is 53.3 Å². The van der Waals surface area contributed by atoms with E-state index in [0.29, 0.717) is 48.5 Å². The van der Waals surface area contributed by atoms with Gasteiger partial charge < -0.3 is 19.3 Å². The maximum Gasteiger partial charge on any atom is 0.301 e. The molecule has 216 valence electrons. The van der Waals surface area contributed by atoms with Gasteiger partial charge in [-0.3, -0.25) is 19.5 Å². The number of rotatable bonds is 9. The number of ketones is 1. The van der Waals surface area contributed by atoms with Crippen molar-refractivity contribution in [3.05, 3.63) is 87.2 Å². The fraction of sp³-hybridized carbons (Fsp3) is 0.179. The molecule has 3 heterocycles. The number of carbonyl (C=O) groups is 2. The zero-order valence-electron chi connectivity index (χ0n) is 22.3. The van der Waals surface area contributed by atoms with Crippen LogP contribution in [0.25, 0.3) is 5.76 Å². The van der Waals surface area contributed by atoms with Crippen molar-refractivity contribution >= 4 is 68.9 Å². The quantitative estimate of drug-likeness (QED) is 0.0742. The summed E-state index contributed by atoms with van der Waals surface area (Å²) in [6.45, 7) is 0. The van der Waals surface area contributed by atoms with Crippen molar-refractivity contribution in [2.75, 3.05) is 26.2 Å². The number of Topliss-reactive ketones (excluding diaryl/α,β-unsaturated/α-hetero) is 1. The van der Waals surface area contributed by atoms with Crippen molar-refractivity contribution < 1.29 is 28.9 Å². The van der Waals surface area contributed by atoms with E-state index in [2.05, 4.69) is 15.2 Å². The minimum atomic E-state index is -1.09. The van der Waals surface area contributed by atoms with Gasteiger partial charge in [0.1, 0.15) is 5.76 Å². The number of anilines is 1. The minimum absolute atomic E-state index is 0.141. The van der Waals surface area contributed by atoms with E-state index in [0.717, 1.165) is 16.9 Å². The first-order valence-corrected chi connectivity index (χ1v) is 14.7. The largest absolute Gasteiger partial charge is 0.507 e. The molecular weight excluding hydrogens is 623 g/mol. The second kappa shape index (κ2) is 12.6. The van der Waals surface area contributed by atoms with E-state index in [9.17, 15) is 14.7 Å². The fourth-order valence-corrected chi connectivity index (χ4v) is 6.83. The predicted molar refractivity (Wildman–Crippen MR) is 161 cm³/mol. The summed E-state index contributed by atoms with van der Waals surface area (Å²) in [5, 5.41) is 21.0. The second-order valence-electron chi connectivity index (χ2n) is 8.74. The molecule has 1 amide bonds. The van der Waals surface area contributed by atoms with Crippen LogP contribution in [0.1, 0.15) is 22.7 Å². The molecule has 1 aliphatic rings. The highest BCUT2D eigenvalue weighted by molar-refractivity contribution is 8.00. The van der Waals surface area contributed by atoms with Crippen molar-refractivity contribution in [3.8, 4) is 17.2 Å². The van der Waals surface area contributed by atoms with Crippen LogP contribution in [0.15, 0.2) is 64.8 Å². The smallest absolute Gasteiger partial charge is 0.301 e. The van der Waals surface area contributed by atoms with Gasteiger partial charge in [0.05, 0.1) is 32.9 Å². The first-order valence-electron chi connectivity index (χ1n) is 12.2. The van der Waals surface area contributed by atoms with Crippen LogP contribution in [0.2, 0.25) is 10.0 Å². The van der Waals surface area contributed by atoms with Gasteiger partial charge in [-0.2, -0.15) is 0 Å². The molecule has 1 saturated heterocycles. The van der Waals surface area contributed by atoms with Crippen molar-refractivity contribution in [2.45, 2.75) is 16.1 Å². The molecule has 14 heteroatoms. The number of amides is 1. The molecule has 0 radical (unpaired) electrons. The summed E-state index contributed by atoms with van der Waals surface area (Å²) in [5.41, 5.74) is 1.43. The summed E-state index contributed by atoms with van der Waals surface area (Å²) in [4.78, 5) is 32.3. The number of methoxy groups -OCH3 is 3. The Labute approximate surface area is 258 Å².